The molecule has 5 rings (SSSR count). The third-order valence-electron chi connectivity index (χ3n) is 6.75. The van der Waals surface area contributed by atoms with Crippen LogP contribution in [0.3, 0.4) is 0 Å². The summed E-state index contributed by atoms with van der Waals surface area (Å²) in [5.74, 6) is 0.562. The molecule has 3 heterocycles. The lowest BCUT2D eigenvalue weighted by molar-refractivity contribution is -0.137. The van der Waals surface area contributed by atoms with Crippen molar-refractivity contribution in [1.82, 2.24) is 25.4 Å². The van der Waals surface area contributed by atoms with Crippen molar-refractivity contribution >= 4 is 33.8 Å². The van der Waals surface area contributed by atoms with Gasteiger partial charge in [0, 0.05) is 41.0 Å². The Morgan fingerprint density at radius 2 is 1.94 bits per heavy atom. The molecule has 2 aliphatic rings. The predicted molar refractivity (Wildman–Crippen MR) is 124 cm³/mol. The van der Waals surface area contributed by atoms with Crippen LogP contribution in [0, 0.1) is 0 Å². The monoisotopic (exact) mass is 490 g/mol. The Kier molecular flexibility index (Phi) is 6.39. The number of hydrogen-bond donors (Lipinski definition) is 2. The van der Waals surface area contributed by atoms with Crippen LogP contribution in [0.2, 0.25) is 0 Å². The Balaban J connectivity index is 1.09. The zero-order valence-electron chi connectivity index (χ0n) is 18.4. The molecule has 1 saturated heterocycles. The Labute approximate surface area is 198 Å². The highest BCUT2D eigenvalue weighted by atomic mass is 32.1. The number of amides is 1. The number of carbonyl (C=O) groups excluding carboxylic acids is 1. The van der Waals surface area contributed by atoms with Gasteiger partial charge in [-0.1, -0.05) is 6.07 Å². The van der Waals surface area contributed by atoms with Gasteiger partial charge in [0.05, 0.1) is 29.9 Å². The second-order valence-corrected chi connectivity index (χ2v) is 9.89. The van der Waals surface area contributed by atoms with Gasteiger partial charge in [-0.2, -0.15) is 18.3 Å². The summed E-state index contributed by atoms with van der Waals surface area (Å²) in [5, 5.41) is 14.3. The van der Waals surface area contributed by atoms with Crippen molar-refractivity contribution < 1.29 is 18.0 Å². The van der Waals surface area contributed by atoms with Gasteiger partial charge in [-0.25, -0.2) is 0 Å². The van der Waals surface area contributed by atoms with Crippen molar-refractivity contribution in [2.24, 2.45) is 0 Å². The number of aromatic nitrogens is 3. The summed E-state index contributed by atoms with van der Waals surface area (Å²) >= 11 is 1.73. The van der Waals surface area contributed by atoms with Gasteiger partial charge >= 0.3 is 6.18 Å². The summed E-state index contributed by atoms with van der Waals surface area (Å²) in [6.45, 7) is 1.57. The number of anilines is 1. The normalized spacial score (nSPS) is 21.9. The Bertz CT molecular complexity index is 1140. The van der Waals surface area contributed by atoms with E-state index < -0.39 is 11.7 Å². The van der Waals surface area contributed by atoms with Gasteiger partial charge < -0.3 is 10.6 Å². The summed E-state index contributed by atoms with van der Waals surface area (Å²) in [7, 11) is 0. The smallest absolute Gasteiger partial charge is 0.359 e. The van der Waals surface area contributed by atoms with E-state index in [9.17, 15) is 18.0 Å². The molecule has 2 N–H and O–H groups in total. The second kappa shape index (κ2) is 9.46. The van der Waals surface area contributed by atoms with Crippen LogP contribution < -0.4 is 10.6 Å². The number of hydrogen-bond acceptors (Lipinski definition) is 7. The maximum atomic E-state index is 13.1. The number of nitrogens with one attached hydrogen (secondary N) is 2. The van der Waals surface area contributed by atoms with Gasteiger partial charge in [-0.15, -0.1) is 16.4 Å². The molecule has 0 radical (unpaired) electrons. The summed E-state index contributed by atoms with van der Waals surface area (Å²) in [5.41, 5.74) is 1.13. The molecule has 34 heavy (non-hydrogen) atoms. The third kappa shape index (κ3) is 5.00. The number of halogens is 3. The first-order valence-corrected chi connectivity index (χ1v) is 12.2. The van der Waals surface area contributed by atoms with Crippen molar-refractivity contribution in [3.05, 3.63) is 46.5 Å². The van der Waals surface area contributed by atoms with Gasteiger partial charge in [0.1, 0.15) is 0 Å². The molecule has 7 nitrogen and oxygen atoms in total. The highest BCUT2D eigenvalue weighted by molar-refractivity contribution is 7.09. The molecular weight excluding hydrogens is 465 g/mol. The van der Waals surface area contributed by atoms with Crippen LogP contribution in [0.25, 0.3) is 10.8 Å². The SMILES string of the molecule is O=C(CNc1nncc2ccc(C(F)(F)F)cc12)NC1CN([C@H]2CC[C@H](c3cncs3)CC2)C1. The van der Waals surface area contributed by atoms with E-state index in [0.717, 1.165) is 38.1 Å². The predicted octanol–water partition coefficient (Wildman–Crippen LogP) is 4.04. The molecular formula is C23H25F3N6OS. The number of carbonyl (C=O) groups is 1. The van der Waals surface area contributed by atoms with Gasteiger partial charge in [0.25, 0.3) is 0 Å². The number of rotatable bonds is 6. The Hall–Kier alpha value is -2.79. The highest BCUT2D eigenvalue weighted by Crippen LogP contribution is 2.37. The molecule has 1 saturated carbocycles. The average Bonchev–Trinajstić information content (AvgIpc) is 3.34. The molecule has 180 valence electrons. The van der Waals surface area contributed by atoms with Crippen LogP contribution in [0.1, 0.15) is 42.0 Å². The number of thiazole rings is 1. The average molecular weight is 491 g/mol. The van der Waals surface area contributed by atoms with Gasteiger partial charge in [-0.05, 0) is 43.7 Å². The zero-order valence-corrected chi connectivity index (χ0v) is 19.2. The van der Waals surface area contributed by atoms with Crippen LogP contribution in [0.4, 0.5) is 19.0 Å². The minimum absolute atomic E-state index is 0.0828. The molecule has 0 unspecified atom stereocenters. The van der Waals surface area contributed by atoms with Crippen molar-refractivity contribution in [2.75, 3.05) is 25.0 Å². The highest BCUT2D eigenvalue weighted by Gasteiger charge is 2.35. The maximum absolute atomic E-state index is 13.1. The molecule has 1 aliphatic carbocycles. The summed E-state index contributed by atoms with van der Waals surface area (Å²) in [4.78, 5) is 20.4. The lowest BCUT2D eigenvalue weighted by atomic mass is 9.83. The van der Waals surface area contributed by atoms with E-state index >= 15 is 0 Å². The van der Waals surface area contributed by atoms with Crippen molar-refractivity contribution in [2.45, 2.75) is 49.9 Å². The molecule has 3 aromatic rings. The van der Waals surface area contributed by atoms with E-state index in [-0.39, 0.29) is 29.7 Å². The molecule has 11 heteroatoms. The van der Waals surface area contributed by atoms with Gasteiger partial charge in [0.15, 0.2) is 5.82 Å². The van der Waals surface area contributed by atoms with Crippen LogP contribution >= 0.6 is 11.3 Å². The molecule has 1 amide bonds. The van der Waals surface area contributed by atoms with Gasteiger partial charge in [0.2, 0.25) is 5.91 Å². The van der Waals surface area contributed by atoms with Crippen molar-refractivity contribution in [3.8, 4) is 0 Å². The fourth-order valence-electron chi connectivity index (χ4n) is 4.88. The van der Waals surface area contributed by atoms with E-state index in [1.807, 2.05) is 11.7 Å². The molecule has 2 fully saturated rings. The van der Waals surface area contributed by atoms with Crippen LogP contribution in [0.15, 0.2) is 36.1 Å². The number of nitrogens with zero attached hydrogens (tertiary/aromatic N) is 4. The number of alkyl halides is 3. The van der Waals surface area contributed by atoms with E-state index in [0.29, 0.717) is 17.3 Å². The first-order chi connectivity index (χ1) is 16.4. The lowest BCUT2D eigenvalue weighted by Crippen LogP contribution is -2.63. The first kappa shape index (κ1) is 23.0. The zero-order chi connectivity index (χ0) is 23.7. The first-order valence-electron chi connectivity index (χ1n) is 11.3. The van der Waals surface area contributed by atoms with E-state index in [1.165, 1.54) is 30.0 Å². The second-order valence-electron chi connectivity index (χ2n) is 8.97. The van der Waals surface area contributed by atoms with Crippen LogP contribution in [0.5, 0.6) is 0 Å². The minimum atomic E-state index is -4.46. The molecule has 1 aromatic carbocycles. The number of benzene rings is 1. The van der Waals surface area contributed by atoms with Crippen LogP contribution in [-0.4, -0.2) is 57.7 Å². The lowest BCUT2D eigenvalue weighted by Gasteiger charge is -2.46. The number of fused-ring (bicyclic) bond motifs is 1. The number of likely N-dealkylation sites (tertiary alicyclic amines) is 1. The summed E-state index contributed by atoms with van der Waals surface area (Å²) in [6, 6.07) is 4.03. The van der Waals surface area contributed by atoms with Crippen LogP contribution in [-0.2, 0) is 11.0 Å². The summed E-state index contributed by atoms with van der Waals surface area (Å²) in [6.07, 6.45) is 3.59. The van der Waals surface area contributed by atoms with E-state index in [1.54, 1.807) is 11.3 Å². The van der Waals surface area contributed by atoms with Crippen molar-refractivity contribution in [1.29, 1.82) is 0 Å². The van der Waals surface area contributed by atoms with E-state index in [2.05, 4.69) is 30.7 Å². The standard InChI is InChI=1S/C23H25F3N6OS/c24-23(25,26)16-4-1-15-8-29-31-22(19(15)7-16)28-10-21(33)30-17-11-32(12-17)18-5-2-14(3-6-18)20-9-27-13-34-20/h1,4,7-9,13-14,17-18H,2-3,5-6,10-12H2,(H,28,31)(H,30,33)/t14-,18-. The molecule has 0 spiro atoms. The topological polar surface area (TPSA) is 83.0 Å². The fourth-order valence-corrected chi connectivity index (χ4v) is 5.67. The fraction of sp³-hybridized carbons (Fsp3) is 0.478. The third-order valence-corrected chi connectivity index (χ3v) is 7.69. The van der Waals surface area contributed by atoms with Gasteiger partial charge in [-0.3, -0.25) is 14.7 Å². The molecule has 1 aliphatic heterocycles. The van der Waals surface area contributed by atoms with E-state index in [4.69, 9.17) is 0 Å². The Morgan fingerprint density at radius 3 is 2.65 bits per heavy atom. The minimum Gasteiger partial charge on any atom is -0.359 e. The molecule has 0 atom stereocenters. The van der Waals surface area contributed by atoms with Crippen molar-refractivity contribution in [3.63, 3.8) is 0 Å². The largest absolute Gasteiger partial charge is 0.416 e. The quantitative estimate of drug-likeness (QED) is 0.543. The molecule has 2 aromatic heterocycles. The maximum Gasteiger partial charge on any atom is 0.416 e. The molecule has 0 bridgehead atoms. The summed E-state index contributed by atoms with van der Waals surface area (Å²) < 4.78 is 39.2. The Morgan fingerprint density at radius 1 is 1.15 bits per heavy atom.